The van der Waals surface area contributed by atoms with E-state index in [1.165, 1.54) is 37.3 Å². The van der Waals surface area contributed by atoms with Crippen molar-refractivity contribution in [3.8, 4) is 0 Å². The van der Waals surface area contributed by atoms with Gasteiger partial charge in [-0.2, -0.15) is 0 Å². The normalized spacial score (nSPS) is 18.8. The quantitative estimate of drug-likeness (QED) is 0.711. The highest BCUT2D eigenvalue weighted by Crippen LogP contribution is 2.34. The zero-order valence-corrected chi connectivity index (χ0v) is 15.1. The molecular weight excluding hydrogens is 315 g/mol. The van der Waals surface area contributed by atoms with Crippen LogP contribution in [0, 0.1) is 5.82 Å². The molecule has 1 unspecified atom stereocenters. The molecule has 1 atom stereocenters. The summed E-state index contributed by atoms with van der Waals surface area (Å²) in [5, 5.41) is 3.05. The second-order valence-corrected chi connectivity index (χ2v) is 7.31. The molecule has 1 aromatic rings. The molecule has 0 saturated heterocycles. The summed E-state index contributed by atoms with van der Waals surface area (Å²) in [6, 6.07) is 7.21. The highest BCUT2D eigenvalue weighted by atomic mass is 19.1. The van der Waals surface area contributed by atoms with Crippen molar-refractivity contribution in [2.75, 3.05) is 13.1 Å². The Bertz CT molecular complexity index is 624. The Morgan fingerprint density at radius 3 is 2.80 bits per heavy atom. The number of carbonyl (C=O) groups is 1. The predicted molar refractivity (Wildman–Crippen MR) is 98.7 cm³/mol. The molecular formula is C21H29FN2O. The van der Waals surface area contributed by atoms with Gasteiger partial charge in [-0.15, -0.1) is 0 Å². The van der Waals surface area contributed by atoms with Gasteiger partial charge in [-0.25, -0.2) is 4.39 Å². The first-order chi connectivity index (χ1) is 12.1. The summed E-state index contributed by atoms with van der Waals surface area (Å²) >= 11 is 0. The molecule has 0 aliphatic heterocycles. The van der Waals surface area contributed by atoms with Crippen molar-refractivity contribution in [3.05, 3.63) is 47.3 Å². The number of rotatable bonds is 8. The lowest BCUT2D eigenvalue weighted by Gasteiger charge is -2.29. The van der Waals surface area contributed by atoms with Gasteiger partial charge in [0.2, 0.25) is 5.91 Å². The van der Waals surface area contributed by atoms with Crippen molar-refractivity contribution >= 4 is 5.91 Å². The largest absolute Gasteiger partial charge is 0.355 e. The van der Waals surface area contributed by atoms with Crippen molar-refractivity contribution in [2.24, 2.45) is 0 Å². The summed E-state index contributed by atoms with van der Waals surface area (Å²) in [4.78, 5) is 14.5. The van der Waals surface area contributed by atoms with E-state index in [-0.39, 0.29) is 17.8 Å². The first kappa shape index (κ1) is 18.1. The zero-order chi connectivity index (χ0) is 17.6. The predicted octanol–water partition coefficient (Wildman–Crippen LogP) is 4.36. The van der Waals surface area contributed by atoms with Crippen LogP contribution in [0.4, 0.5) is 4.39 Å². The minimum absolute atomic E-state index is 0.0477. The van der Waals surface area contributed by atoms with Crippen molar-refractivity contribution < 1.29 is 9.18 Å². The van der Waals surface area contributed by atoms with Crippen LogP contribution >= 0.6 is 0 Å². The van der Waals surface area contributed by atoms with Crippen LogP contribution in [-0.2, 0) is 4.79 Å². The van der Waals surface area contributed by atoms with Crippen molar-refractivity contribution in [3.63, 3.8) is 0 Å². The Morgan fingerprint density at radius 2 is 2.12 bits per heavy atom. The van der Waals surface area contributed by atoms with E-state index in [9.17, 15) is 9.18 Å². The molecule has 3 nitrogen and oxygen atoms in total. The van der Waals surface area contributed by atoms with E-state index in [1.807, 2.05) is 19.1 Å². The number of nitrogens with zero attached hydrogens (tertiary/aromatic N) is 1. The maximum atomic E-state index is 14.1. The lowest BCUT2D eigenvalue weighted by Crippen LogP contribution is -2.40. The van der Waals surface area contributed by atoms with E-state index >= 15 is 0 Å². The number of benzene rings is 1. The van der Waals surface area contributed by atoms with E-state index < -0.39 is 0 Å². The molecule has 0 radical (unpaired) electrons. The summed E-state index contributed by atoms with van der Waals surface area (Å²) in [6.07, 6.45) is 10.4. The molecule has 0 bridgehead atoms. The SMILES string of the molecule is CC(c1ccccc1F)N(CC(=O)NCCC1=CCCCC1)C1CC1. The summed E-state index contributed by atoms with van der Waals surface area (Å²) in [7, 11) is 0. The Hall–Kier alpha value is -1.68. The summed E-state index contributed by atoms with van der Waals surface area (Å²) in [5.41, 5.74) is 2.15. The second kappa shape index (κ2) is 8.61. The number of halogens is 1. The molecule has 1 saturated carbocycles. The molecule has 0 aromatic heterocycles. The minimum atomic E-state index is -0.190. The van der Waals surface area contributed by atoms with E-state index in [2.05, 4.69) is 16.3 Å². The maximum Gasteiger partial charge on any atom is 0.234 e. The third-order valence-corrected chi connectivity index (χ3v) is 5.35. The Labute approximate surface area is 150 Å². The summed E-state index contributed by atoms with van der Waals surface area (Å²) < 4.78 is 14.1. The van der Waals surface area contributed by atoms with Crippen molar-refractivity contribution in [2.45, 2.75) is 64.0 Å². The average Bonchev–Trinajstić information content (AvgIpc) is 3.45. The number of carbonyl (C=O) groups excluding carboxylic acids is 1. The van der Waals surface area contributed by atoms with Gasteiger partial charge in [0.15, 0.2) is 0 Å². The maximum absolute atomic E-state index is 14.1. The number of nitrogens with one attached hydrogen (secondary N) is 1. The van der Waals surface area contributed by atoms with Gasteiger partial charge in [0.05, 0.1) is 6.54 Å². The van der Waals surface area contributed by atoms with Gasteiger partial charge in [-0.1, -0.05) is 29.8 Å². The fraction of sp³-hybridized carbons (Fsp3) is 0.571. The molecule has 25 heavy (non-hydrogen) atoms. The summed E-state index contributed by atoms with van der Waals surface area (Å²) in [5.74, 6) is -0.142. The van der Waals surface area contributed by atoms with E-state index in [0.717, 1.165) is 19.3 Å². The van der Waals surface area contributed by atoms with E-state index in [1.54, 1.807) is 6.07 Å². The third-order valence-electron chi connectivity index (χ3n) is 5.35. The van der Waals surface area contributed by atoms with Crippen molar-refractivity contribution in [1.82, 2.24) is 10.2 Å². The molecule has 1 N–H and O–H groups in total. The van der Waals surface area contributed by atoms with Crippen LogP contribution in [0.5, 0.6) is 0 Å². The van der Waals surface area contributed by atoms with Gasteiger partial charge in [0, 0.05) is 24.2 Å². The molecule has 2 aliphatic rings. The number of hydrogen-bond donors (Lipinski definition) is 1. The monoisotopic (exact) mass is 344 g/mol. The van der Waals surface area contributed by atoms with Crippen LogP contribution in [0.15, 0.2) is 35.9 Å². The van der Waals surface area contributed by atoms with Gasteiger partial charge < -0.3 is 5.32 Å². The van der Waals surface area contributed by atoms with Gasteiger partial charge in [0.25, 0.3) is 0 Å². The van der Waals surface area contributed by atoms with E-state index in [4.69, 9.17) is 0 Å². The Kier molecular flexibility index (Phi) is 6.24. The Morgan fingerprint density at radius 1 is 1.32 bits per heavy atom. The second-order valence-electron chi connectivity index (χ2n) is 7.31. The fourth-order valence-corrected chi connectivity index (χ4v) is 3.70. The highest BCUT2D eigenvalue weighted by molar-refractivity contribution is 5.78. The molecule has 1 amide bonds. The van der Waals surface area contributed by atoms with Crippen molar-refractivity contribution in [1.29, 1.82) is 0 Å². The summed E-state index contributed by atoms with van der Waals surface area (Å²) in [6.45, 7) is 3.05. The van der Waals surface area contributed by atoms with Gasteiger partial charge in [0.1, 0.15) is 5.82 Å². The van der Waals surface area contributed by atoms with Crippen LogP contribution in [0.1, 0.15) is 63.5 Å². The lowest BCUT2D eigenvalue weighted by molar-refractivity contribution is -0.122. The molecule has 2 aliphatic carbocycles. The van der Waals surface area contributed by atoms with E-state index in [0.29, 0.717) is 24.7 Å². The Balaban J connectivity index is 1.52. The first-order valence-electron chi connectivity index (χ1n) is 9.60. The molecule has 136 valence electrons. The van der Waals surface area contributed by atoms with Crippen LogP contribution in [0.3, 0.4) is 0 Å². The fourth-order valence-electron chi connectivity index (χ4n) is 3.70. The molecule has 3 rings (SSSR count). The van der Waals surface area contributed by atoms with Crippen LogP contribution in [0.2, 0.25) is 0 Å². The third kappa shape index (κ3) is 5.15. The minimum Gasteiger partial charge on any atom is -0.355 e. The average molecular weight is 344 g/mol. The number of allylic oxidation sites excluding steroid dienone is 1. The highest BCUT2D eigenvalue weighted by Gasteiger charge is 2.34. The smallest absolute Gasteiger partial charge is 0.234 e. The van der Waals surface area contributed by atoms with Gasteiger partial charge in [-0.05, 0) is 57.9 Å². The number of amides is 1. The van der Waals surface area contributed by atoms with Gasteiger partial charge in [-0.3, -0.25) is 9.69 Å². The topological polar surface area (TPSA) is 32.3 Å². The molecule has 0 heterocycles. The standard InChI is InChI=1S/C21H29FN2O/c1-16(19-9-5-6-10-20(19)22)24(18-11-12-18)15-21(25)23-14-13-17-7-3-2-4-8-17/h5-7,9-10,16,18H,2-4,8,11-15H2,1H3,(H,23,25). The van der Waals surface area contributed by atoms with Crippen LogP contribution in [-0.4, -0.2) is 29.9 Å². The number of hydrogen-bond acceptors (Lipinski definition) is 2. The first-order valence-corrected chi connectivity index (χ1v) is 9.60. The molecule has 4 heteroatoms. The zero-order valence-electron chi connectivity index (χ0n) is 15.1. The van der Waals surface area contributed by atoms with Crippen LogP contribution < -0.4 is 5.32 Å². The van der Waals surface area contributed by atoms with Crippen LogP contribution in [0.25, 0.3) is 0 Å². The molecule has 1 aromatic carbocycles. The molecule has 0 spiro atoms. The molecule has 1 fully saturated rings. The van der Waals surface area contributed by atoms with Gasteiger partial charge >= 0.3 is 0 Å². The lowest BCUT2D eigenvalue weighted by atomic mass is 9.97.